The Kier molecular flexibility index (Phi) is 7.38. The molecule has 2 aromatic rings. The normalized spacial score (nSPS) is 19.3. The van der Waals surface area contributed by atoms with Crippen molar-refractivity contribution >= 4 is 11.7 Å². The van der Waals surface area contributed by atoms with Crippen LogP contribution in [-0.2, 0) is 4.79 Å². The van der Waals surface area contributed by atoms with Gasteiger partial charge < -0.3 is 19.5 Å². The molecule has 2 heterocycles. The summed E-state index contributed by atoms with van der Waals surface area (Å²) in [5.41, 5.74) is 1.57. The predicted molar refractivity (Wildman–Crippen MR) is 121 cm³/mol. The van der Waals surface area contributed by atoms with Gasteiger partial charge in [-0.15, -0.1) is 0 Å². The molecule has 1 fully saturated rings. The summed E-state index contributed by atoms with van der Waals surface area (Å²) in [6.07, 6.45) is 2.85. The van der Waals surface area contributed by atoms with Crippen LogP contribution in [0.5, 0.6) is 17.2 Å². The zero-order chi connectivity index (χ0) is 23.4. The quantitative estimate of drug-likeness (QED) is 0.654. The average Bonchev–Trinajstić information content (AvgIpc) is 2.76. The van der Waals surface area contributed by atoms with Crippen LogP contribution >= 0.6 is 0 Å². The Hall–Kier alpha value is -3.09. The van der Waals surface area contributed by atoms with Crippen LogP contribution in [0.4, 0.5) is 0 Å². The van der Waals surface area contributed by atoms with E-state index in [0.717, 1.165) is 25.1 Å². The third-order valence-electron chi connectivity index (χ3n) is 6.05. The topological polar surface area (TPSA) is 89.0 Å². The highest BCUT2D eigenvalue weighted by molar-refractivity contribution is 5.92. The minimum atomic E-state index is -0.496. The van der Waals surface area contributed by atoms with Gasteiger partial charge in [0.2, 0.25) is 5.91 Å². The molecule has 1 aliphatic heterocycles. The molecule has 0 aliphatic carbocycles. The van der Waals surface area contributed by atoms with Gasteiger partial charge in [-0.25, -0.2) is 0 Å². The first-order chi connectivity index (χ1) is 15.2. The van der Waals surface area contributed by atoms with Crippen LogP contribution in [0.2, 0.25) is 0 Å². The second-order valence-electron chi connectivity index (χ2n) is 8.80. The molecule has 1 amide bonds. The summed E-state index contributed by atoms with van der Waals surface area (Å²) in [6, 6.07) is 6.63. The fraction of sp³-hybridized carbons (Fsp3) is 0.480. The first-order valence-corrected chi connectivity index (χ1v) is 10.9. The molecule has 3 unspecified atom stereocenters. The summed E-state index contributed by atoms with van der Waals surface area (Å²) < 4.78 is 10.8. The maximum atomic E-state index is 13.4. The van der Waals surface area contributed by atoms with Gasteiger partial charge in [-0.05, 0) is 29.9 Å². The fourth-order valence-electron chi connectivity index (χ4n) is 4.60. The second kappa shape index (κ2) is 10.0. The summed E-state index contributed by atoms with van der Waals surface area (Å²) in [5, 5.41) is 10.9. The molecule has 1 saturated heterocycles. The summed E-state index contributed by atoms with van der Waals surface area (Å²) >= 11 is 0. The summed E-state index contributed by atoms with van der Waals surface area (Å²) in [5.74, 6) is 1.14. The van der Waals surface area contributed by atoms with Crippen LogP contribution in [0.25, 0.3) is 0 Å². The molecule has 172 valence electrons. The summed E-state index contributed by atoms with van der Waals surface area (Å²) in [4.78, 5) is 31.2. The van der Waals surface area contributed by atoms with Gasteiger partial charge in [0, 0.05) is 56.2 Å². The van der Waals surface area contributed by atoms with Gasteiger partial charge in [0.25, 0.3) is 0 Å². The number of piperidine rings is 1. The van der Waals surface area contributed by atoms with E-state index in [9.17, 15) is 14.7 Å². The Morgan fingerprint density at radius 2 is 1.84 bits per heavy atom. The SMILES string of the molecule is COc1cc(O)c(C(CC(=O)N2CC(C)CC(C)C2)c2ccc(C(C)=O)nc2)c(OC)c1. The minimum Gasteiger partial charge on any atom is -0.507 e. The third kappa shape index (κ3) is 5.21. The Morgan fingerprint density at radius 3 is 2.38 bits per heavy atom. The number of ketones is 1. The van der Waals surface area contributed by atoms with Crippen molar-refractivity contribution in [2.45, 2.75) is 39.5 Å². The number of hydrogen-bond acceptors (Lipinski definition) is 6. The molecular weight excluding hydrogens is 408 g/mol. The number of ether oxygens (including phenoxy) is 2. The average molecular weight is 441 g/mol. The number of nitrogens with zero attached hydrogens (tertiary/aromatic N) is 2. The highest BCUT2D eigenvalue weighted by atomic mass is 16.5. The number of aromatic hydroxyl groups is 1. The van der Waals surface area contributed by atoms with Crippen molar-refractivity contribution in [3.8, 4) is 17.2 Å². The first-order valence-electron chi connectivity index (χ1n) is 10.9. The number of aromatic nitrogens is 1. The molecule has 3 rings (SSSR count). The molecule has 0 saturated carbocycles. The van der Waals surface area contributed by atoms with Crippen LogP contribution in [0.3, 0.4) is 0 Å². The largest absolute Gasteiger partial charge is 0.507 e. The maximum absolute atomic E-state index is 13.4. The van der Waals surface area contributed by atoms with E-state index in [2.05, 4.69) is 18.8 Å². The molecule has 0 radical (unpaired) electrons. The van der Waals surface area contributed by atoms with Crippen molar-refractivity contribution in [3.05, 3.63) is 47.3 Å². The van der Waals surface area contributed by atoms with Crippen molar-refractivity contribution in [1.29, 1.82) is 0 Å². The van der Waals surface area contributed by atoms with Gasteiger partial charge in [-0.2, -0.15) is 0 Å². The van der Waals surface area contributed by atoms with E-state index < -0.39 is 5.92 Å². The van der Waals surface area contributed by atoms with Gasteiger partial charge in [0.15, 0.2) is 5.78 Å². The van der Waals surface area contributed by atoms with E-state index in [1.54, 1.807) is 24.4 Å². The minimum absolute atomic E-state index is 0.0151. The van der Waals surface area contributed by atoms with Crippen molar-refractivity contribution in [3.63, 3.8) is 0 Å². The Bertz CT molecular complexity index is 963. The lowest BCUT2D eigenvalue weighted by Gasteiger charge is -2.36. The number of rotatable bonds is 7. The second-order valence-corrected chi connectivity index (χ2v) is 8.80. The van der Waals surface area contributed by atoms with Crippen LogP contribution in [0.15, 0.2) is 30.5 Å². The number of carbonyl (C=O) groups excluding carboxylic acids is 2. The molecule has 1 aromatic carbocycles. The maximum Gasteiger partial charge on any atom is 0.223 e. The van der Waals surface area contributed by atoms with Crippen LogP contribution in [0, 0.1) is 11.8 Å². The zero-order valence-electron chi connectivity index (χ0n) is 19.4. The molecule has 32 heavy (non-hydrogen) atoms. The Balaban J connectivity index is 2.02. The molecule has 0 bridgehead atoms. The Morgan fingerprint density at radius 1 is 1.16 bits per heavy atom. The number of likely N-dealkylation sites (tertiary alicyclic amines) is 1. The highest BCUT2D eigenvalue weighted by Crippen LogP contribution is 2.43. The number of hydrogen-bond donors (Lipinski definition) is 1. The number of pyridine rings is 1. The molecular formula is C25H32N2O5. The number of carbonyl (C=O) groups is 2. The van der Waals surface area contributed by atoms with Crippen molar-refractivity contribution in [2.24, 2.45) is 11.8 Å². The summed E-state index contributed by atoms with van der Waals surface area (Å²) in [7, 11) is 3.03. The standard InChI is InChI=1S/C25H32N2O5/c1-15-8-16(2)14-27(13-15)24(30)11-20(18-6-7-21(17(3)28)26-12-18)25-22(29)9-19(31-4)10-23(25)32-5/h6-7,9-10,12,15-16,20,29H,8,11,13-14H2,1-5H3. The highest BCUT2D eigenvalue weighted by Gasteiger charge is 2.31. The number of methoxy groups -OCH3 is 2. The van der Waals surface area contributed by atoms with Crippen LogP contribution < -0.4 is 9.47 Å². The lowest BCUT2D eigenvalue weighted by molar-refractivity contribution is -0.134. The van der Waals surface area contributed by atoms with E-state index in [0.29, 0.717) is 34.6 Å². The number of phenolic OH excluding ortho intramolecular Hbond substituents is 1. The van der Waals surface area contributed by atoms with E-state index in [1.807, 2.05) is 4.90 Å². The monoisotopic (exact) mass is 440 g/mol. The van der Waals surface area contributed by atoms with E-state index >= 15 is 0 Å². The molecule has 1 aliphatic rings. The number of amides is 1. The summed E-state index contributed by atoms with van der Waals surface area (Å²) in [6.45, 7) is 7.23. The zero-order valence-corrected chi connectivity index (χ0v) is 19.4. The molecule has 1 N–H and O–H groups in total. The van der Waals surface area contributed by atoms with Crippen LogP contribution in [-0.4, -0.2) is 54.0 Å². The number of phenols is 1. The lowest BCUT2D eigenvalue weighted by Crippen LogP contribution is -2.43. The molecule has 0 spiro atoms. The van der Waals surface area contributed by atoms with Crippen molar-refractivity contribution in [1.82, 2.24) is 9.88 Å². The lowest BCUT2D eigenvalue weighted by atomic mass is 9.86. The van der Waals surface area contributed by atoms with E-state index in [-0.39, 0.29) is 23.9 Å². The van der Waals surface area contributed by atoms with Gasteiger partial charge >= 0.3 is 0 Å². The van der Waals surface area contributed by atoms with E-state index in [4.69, 9.17) is 9.47 Å². The molecule has 3 atom stereocenters. The van der Waals surface area contributed by atoms with Gasteiger partial charge in [-0.3, -0.25) is 14.6 Å². The smallest absolute Gasteiger partial charge is 0.223 e. The third-order valence-corrected chi connectivity index (χ3v) is 6.05. The van der Waals surface area contributed by atoms with Gasteiger partial charge in [0.05, 0.1) is 14.2 Å². The van der Waals surface area contributed by atoms with Crippen molar-refractivity contribution in [2.75, 3.05) is 27.3 Å². The molecule has 7 nitrogen and oxygen atoms in total. The fourth-order valence-corrected chi connectivity index (χ4v) is 4.60. The number of Topliss-reactive ketones (excluding diaryl/α,β-unsaturated/α-hetero) is 1. The van der Waals surface area contributed by atoms with E-state index in [1.165, 1.54) is 27.2 Å². The van der Waals surface area contributed by atoms with Gasteiger partial charge in [-0.1, -0.05) is 19.9 Å². The Labute approximate surface area is 189 Å². The number of benzene rings is 1. The van der Waals surface area contributed by atoms with Crippen molar-refractivity contribution < 1.29 is 24.2 Å². The van der Waals surface area contributed by atoms with Gasteiger partial charge in [0.1, 0.15) is 22.9 Å². The predicted octanol–water partition coefficient (Wildman–Crippen LogP) is 4.03. The molecule has 1 aromatic heterocycles. The first kappa shape index (κ1) is 23.6. The molecule has 7 heteroatoms. The van der Waals surface area contributed by atoms with Crippen LogP contribution in [0.1, 0.15) is 61.1 Å².